The highest BCUT2D eigenvalue weighted by molar-refractivity contribution is 6.04. The maximum Gasteiger partial charge on any atom is 0.433 e. The summed E-state index contributed by atoms with van der Waals surface area (Å²) in [6, 6.07) is 4.82. The van der Waals surface area contributed by atoms with E-state index in [1.807, 2.05) is 0 Å². The van der Waals surface area contributed by atoms with Crippen LogP contribution in [-0.4, -0.2) is 23.0 Å². The molecule has 0 spiro atoms. The van der Waals surface area contributed by atoms with Crippen molar-refractivity contribution in [3.63, 3.8) is 0 Å². The van der Waals surface area contributed by atoms with E-state index in [1.165, 1.54) is 25.4 Å². The molecule has 0 atom stereocenters. The highest BCUT2D eigenvalue weighted by Gasteiger charge is 2.32. The van der Waals surface area contributed by atoms with Crippen LogP contribution in [0.15, 0.2) is 36.7 Å². The van der Waals surface area contributed by atoms with Crippen molar-refractivity contribution >= 4 is 11.6 Å². The van der Waals surface area contributed by atoms with Gasteiger partial charge in [-0.2, -0.15) is 13.2 Å². The fraction of sp³-hybridized carbons (Fsp3) is 0.154. The SMILES string of the molecule is COc1cc(NC(=O)c2ccc(C(F)(F)F)nc2)ccn1. The van der Waals surface area contributed by atoms with Gasteiger partial charge < -0.3 is 10.1 Å². The molecule has 8 heteroatoms. The van der Waals surface area contributed by atoms with Crippen molar-refractivity contribution in [2.24, 2.45) is 0 Å². The first kappa shape index (κ1) is 14.8. The molecule has 0 aromatic carbocycles. The van der Waals surface area contributed by atoms with Crippen LogP contribution < -0.4 is 10.1 Å². The molecule has 1 N–H and O–H groups in total. The van der Waals surface area contributed by atoms with Gasteiger partial charge in [-0.05, 0) is 18.2 Å². The summed E-state index contributed by atoms with van der Waals surface area (Å²) in [4.78, 5) is 19.0. The van der Waals surface area contributed by atoms with E-state index >= 15 is 0 Å². The van der Waals surface area contributed by atoms with Crippen LogP contribution in [0.1, 0.15) is 16.1 Å². The Hall–Kier alpha value is -2.64. The smallest absolute Gasteiger partial charge is 0.433 e. The van der Waals surface area contributed by atoms with E-state index in [1.54, 1.807) is 0 Å². The van der Waals surface area contributed by atoms with E-state index in [0.717, 1.165) is 18.3 Å². The van der Waals surface area contributed by atoms with Gasteiger partial charge in [0.2, 0.25) is 5.88 Å². The number of halogens is 3. The van der Waals surface area contributed by atoms with Gasteiger partial charge in [0.15, 0.2) is 0 Å². The average molecular weight is 297 g/mol. The van der Waals surface area contributed by atoms with E-state index in [9.17, 15) is 18.0 Å². The molecule has 0 bridgehead atoms. The van der Waals surface area contributed by atoms with E-state index in [2.05, 4.69) is 15.3 Å². The van der Waals surface area contributed by atoms with Crippen LogP contribution in [0.4, 0.5) is 18.9 Å². The standard InChI is InChI=1S/C13H10F3N3O2/c1-21-11-6-9(4-5-17-11)19-12(20)8-2-3-10(18-7-8)13(14,15)16/h2-7H,1H3,(H,17,19,20). The summed E-state index contributed by atoms with van der Waals surface area (Å²) in [5.74, 6) is -0.275. The Kier molecular flexibility index (Phi) is 4.06. The predicted molar refractivity (Wildman–Crippen MR) is 68.0 cm³/mol. The van der Waals surface area contributed by atoms with Crippen LogP contribution in [0, 0.1) is 0 Å². The van der Waals surface area contributed by atoms with Crippen molar-refractivity contribution in [2.45, 2.75) is 6.18 Å². The zero-order chi connectivity index (χ0) is 15.5. The van der Waals surface area contributed by atoms with E-state index in [0.29, 0.717) is 11.6 Å². The second-order valence-electron chi connectivity index (χ2n) is 3.97. The minimum atomic E-state index is -4.53. The summed E-state index contributed by atoms with van der Waals surface area (Å²) < 4.78 is 42.0. The molecule has 0 saturated heterocycles. The van der Waals surface area contributed by atoms with Gasteiger partial charge in [0.05, 0.1) is 12.7 Å². The number of nitrogens with zero attached hydrogens (tertiary/aromatic N) is 2. The quantitative estimate of drug-likeness (QED) is 0.946. The Morgan fingerprint density at radius 3 is 2.57 bits per heavy atom. The first-order chi connectivity index (χ1) is 9.90. The Labute approximate surface area is 117 Å². The molecule has 110 valence electrons. The Morgan fingerprint density at radius 2 is 2.00 bits per heavy atom. The van der Waals surface area contributed by atoms with Crippen LogP contribution in [0.5, 0.6) is 5.88 Å². The molecule has 2 heterocycles. The number of pyridine rings is 2. The van der Waals surface area contributed by atoms with Crippen molar-refractivity contribution < 1.29 is 22.7 Å². The van der Waals surface area contributed by atoms with Gasteiger partial charge >= 0.3 is 6.18 Å². The largest absolute Gasteiger partial charge is 0.481 e. The number of aromatic nitrogens is 2. The van der Waals surface area contributed by atoms with Crippen molar-refractivity contribution in [1.29, 1.82) is 0 Å². The molecular weight excluding hydrogens is 287 g/mol. The molecule has 0 aliphatic carbocycles. The van der Waals surface area contributed by atoms with Crippen LogP contribution in [0.3, 0.4) is 0 Å². The Morgan fingerprint density at radius 1 is 1.24 bits per heavy atom. The zero-order valence-corrected chi connectivity index (χ0v) is 10.8. The lowest BCUT2D eigenvalue weighted by atomic mass is 10.2. The van der Waals surface area contributed by atoms with E-state index < -0.39 is 17.8 Å². The summed E-state index contributed by atoms with van der Waals surface area (Å²) in [6.45, 7) is 0. The number of ether oxygens (including phenoxy) is 1. The first-order valence-electron chi connectivity index (χ1n) is 5.75. The number of hydrogen-bond donors (Lipinski definition) is 1. The van der Waals surface area contributed by atoms with E-state index in [-0.39, 0.29) is 5.56 Å². The number of rotatable bonds is 3. The van der Waals surface area contributed by atoms with Crippen molar-refractivity contribution in [3.05, 3.63) is 47.9 Å². The van der Waals surface area contributed by atoms with Gasteiger partial charge in [-0.3, -0.25) is 9.78 Å². The minimum Gasteiger partial charge on any atom is -0.481 e. The number of nitrogens with one attached hydrogen (secondary N) is 1. The van der Waals surface area contributed by atoms with Gasteiger partial charge in [0.1, 0.15) is 5.69 Å². The Balaban J connectivity index is 2.13. The third-order valence-electron chi connectivity index (χ3n) is 2.52. The molecule has 0 unspecified atom stereocenters. The number of alkyl halides is 3. The fourth-order valence-electron chi connectivity index (χ4n) is 1.50. The maximum atomic E-state index is 12.4. The van der Waals surface area contributed by atoms with Crippen molar-refractivity contribution in [2.75, 3.05) is 12.4 Å². The summed E-state index contributed by atoms with van der Waals surface area (Å²) in [6.07, 6.45) is -2.23. The normalized spacial score (nSPS) is 11.0. The number of carbonyl (C=O) groups is 1. The molecular formula is C13H10F3N3O2. The molecule has 1 amide bonds. The molecule has 0 saturated carbocycles. The molecule has 2 aromatic heterocycles. The van der Waals surface area contributed by atoms with E-state index in [4.69, 9.17) is 4.74 Å². The highest BCUT2D eigenvalue weighted by Crippen LogP contribution is 2.27. The molecule has 21 heavy (non-hydrogen) atoms. The lowest BCUT2D eigenvalue weighted by Crippen LogP contribution is -2.14. The van der Waals surface area contributed by atoms with Gasteiger partial charge in [0, 0.05) is 24.1 Å². The van der Waals surface area contributed by atoms with Crippen LogP contribution in [0.25, 0.3) is 0 Å². The molecule has 2 rings (SSSR count). The van der Waals surface area contributed by atoms with Crippen LogP contribution >= 0.6 is 0 Å². The van der Waals surface area contributed by atoms with Crippen molar-refractivity contribution in [3.8, 4) is 5.88 Å². The highest BCUT2D eigenvalue weighted by atomic mass is 19.4. The number of hydrogen-bond acceptors (Lipinski definition) is 4. The number of methoxy groups -OCH3 is 1. The second kappa shape index (κ2) is 5.78. The number of amides is 1. The topological polar surface area (TPSA) is 64.1 Å². The molecule has 0 fully saturated rings. The van der Waals surface area contributed by atoms with Gasteiger partial charge in [-0.1, -0.05) is 0 Å². The van der Waals surface area contributed by atoms with Gasteiger partial charge in [-0.15, -0.1) is 0 Å². The second-order valence-corrected chi connectivity index (χ2v) is 3.97. The van der Waals surface area contributed by atoms with Crippen molar-refractivity contribution in [1.82, 2.24) is 9.97 Å². The molecule has 0 aliphatic rings. The molecule has 2 aromatic rings. The Bertz CT molecular complexity index is 642. The lowest BCUT2D eigenvalue weighted by molar-refractivity contribution is -0.141. The summed E-state index contributed by atoms with van der Waals surface area (Å²) in [7, 11) is 1.42. The first-order valence-corrected chi connectivity index (χ1v) is 5.75. The van der Waals surface area contributed by atoms with Crippen LogP contribution in [0.2, 0.25) is 0 Å². The third kappa shape index (κ3) is 3.68. The zero-order valence-electron chi connectivity index (χ0n) is 10.8. The molecule has 0 radical (unpaired) electrons. The average Bonchev–Trinajstić information content (AvgIpc) is 2.46. The number of carbonyl (C=O) groups excluding carboxylic acids is 1. The summed E-state index contributed by atoms with van der Waals surface area (Å²) in [5, 5.41) is 2.51. The third-order valence-corrected chi connectivity index (χ3v) is 2.52. The van der Waals surface area contributed by atoms with Crippen LogP contribution in [-0.2, 0) is 6.18 Å². The fourth-order valence-corrected chi connectivity index (χ4v) is 1.50. The minimum absolute atomic E-state index is 0.0128. The van der Waals surface area contributed by atoms with Gasteiger partial charge in [0.25, 0.3) is 5.91 Å². The summed E-state index contributed by atoms with van der Waals surface area (Å²) in [5.41, 5.74) is -0.629. The lowest BCUT2D eigenvalue weighted by Gasteiger charge is -2.08. The maximum absolute atomic E-state index is 12.4. The monoisotopic (exact) mass is 297 g/mol. The molecule has 5 nitrogen and oxygen atoms in total. The predicted octanol–water partition coefficient (Wildman–Crippen LogP) is 2.76. The molecule has 0 aliphatic heterocycles. The summed E-state index contributed by atoms with van der Waals surface area (Å²) >= 11 is 0. The van der Waals surface area contributed by atoms with Gasteiger partial charge in [-0.25, -0.2) is 4.98 Å². The number of anilines is 1.